The van der Waals surface area contributed by atoms with Gasteiger partial charge in [-0.2, -0.15) is 0 Å². The number of hydrogen-bond donors (Lipinski definition) is 2. The SMILES string of the molecule is COc1ccc(C(CNC(=O)c2cc(S(=O)(=O)Nc3ccc(F)cc3)ccc2C)N(C)C)cc1. The molecule has 2 N–H and O–H groups in total. The van der Waals surface area contributed by atoms with Gasteiger partial charge in [-0.05, 0) is 80.7 Å². The largest absolute Gasteiger partial charge is 0.497 e. The molecule has 3 rings (SSSR count). The van der Waals surface area contributed by atoms with Crippen molar-refractivity contribution in [1.82, 2.24) is 10.2 Å². The highest BCUT2D eigenvalue weighted by Crippen LogP contribution is 2.22. The molecule has 3 aromatic carbocycles. The normalized spacial score (nSPS) is 12.3. The van der Waals surface area contributed by atoms with E-state index in [0.717, 1.165) is 23.4 Å². The molecule has 3 aromatic rings. The van der Waals surface area contributed by atoms with Crippen LogP contribution in [0, 0.1) is 12.7 Å². The van der Waals surface area contributed by atoms with E-state index in [-0.39, 0.29) is 28.1 Å². The highest BCUT2D eigenvalue weighted by Gasteiger charge is 2.20. The van der Waals surface area contributed by atoms with E-state index in [4.69, 9.17) is 4.74 Å². The number of ether oxygens (including phenoxy) is 1. The lowest BCUT2D eigenvalue weighted by Gasteiger charge is -2.25. The maximum Gasteiger partial charge on any atom is 0.261 e. The third kappa shape index (κ3) is 6.12. The predicted molar refractivity (Wildman–Crippen MR) is 130 cm³/mol. The molecule has 0 bridgehead atoms. The number of amides is 1. The molecule has 0 aliphatic rings. The van der Waals surface area contributed by atoms with Gasteiger partial charge in [0, 0.05) is 17.8 Å². The summed E-state index contributed by atoms with van der Waals surface area (Å²) >= 11 is 0. The molecular weight excluding hydrogens is 457 g/mol. The summed E-state index contributed by atoms with van der Waals surface area (Å²) in [6.07, 6.45) is 0. The van der Waals surface area contributed by atoms with E-state index < -0.39 is 15.8 Å². The number of sulfonamides is 1. The number of aryl methyl sites for hydroxylation is 1. The number of likely N-dealkylation sites (N-methyl/N-ethyl adjacent to an activating group) is 1. The first-order valence-electron chi connectivity index (χ1n) is 10.6. The zero-order valence-corrected chi connectivity index (χ0v) is 20.3. The van der Waals surface area contributed by atoms with Crippen LogP contribution in [-0.4, -0.2) is 47.0 Å². The van der Waals surface area contributed by atoms with Crippen LogP contribution in [0.4, 0.5) is 10.1 Å². The van der Waals surface area contributed by atoms with Crippen molar-refractivity contribution in [2.24, 2.45) is 0 Å². The van der Waals surface area contributed by atoms with Crippen LogP contribution in [0.25, 0.3) is 0 Å². The van der Waals surface area contributed by atoms with Gasteiger partial charge >= 0.3 is 0 Å². The van der Waals surface area contributed by atoms with Crippen molar-refractivity contribution in [2.75, 3.05) is 32.5 Å². The summed E-state index contributed by atoms with van der Waals surface area (Å²) in [5.41, 5.74) is 2.13. The summed E-state index contributed by atoms with van der Waals surface area (Å²) in [7, 11) is 1.47. The molecule has 34 heavy (non-hydrogen) atoms. The fourth-order valence-electron chi connectivity index (χ4n) is 3.45. The maximum absolute atomic E-state index is 13.1. The first kappa shape index (κ1) is 25.2. The molecule has 0 heterocycles. The molecule has 1 amide bonds. The quantitative estimate of drug-likeness (QED) is 0.479. The summed E-state index contributed by atoms with van der Waals surface area (Å²) in [4.78, 5) is 14.9. The lowest BCUT2D eigenvalue weighted by Crippen LogP contribution is -2.35. The van der Waals surface area contributed by atoms with Crippen LogP contribution in [0.3, 0.4) is 0 Å². The van der Waals surface area contributed by atoms with Crippen LogP contribution in [0.1, 0.15) is 27.5 Å². The van der Waals surface area contributed by atoms with Crippen LogP contribution < -0.4 is 14.8 Å². The molecule has 1 atom stereocenters. The van der Waals surface area contributed by atoms with Gasteiger partial charge in [0.15, 0.2) is 0 Å². The smallest absolute Gasteiger partial charge is 0.261 e. The van der Waals surface area contributed by atoms with Gasteiger partial charge in [0.25, 0.3) is 15.9 Å². The minimum atomic E-state index is -3.97. The number of anilines is 1. The zero-order valence-electron chi connectivity index (χ0n) is 19.5. The highest BCUT2D eigenvalue weighted by molar-refractivity contribution is 7.92. The van der Waals surface area contributed by atoms with Crippen molar-refractivity contribution >= 4 is 21.6 Å². The Bertz CT molecular complexity index is 1240. The third-order valence-electron chi connectivity index (χ3n) is 5.44. The Morgan fingerprint density at radius 3 is 2.26 bits per heavy atom. The summed E-state index contributed by atoms with van der Waals surface area (Å²) in [5.74, 6) is -0.104. The molecular formula is C25H28FN3O4S. The van der Waals surface area contributed by atoms with E-state index in [1.54, 1.807) is 20.1 Å². The van der Waals surface area contributed by atoms with Gasteiger partial charge in [-0.25, -0.2) is 12.8 Å². The lowest BCUT2D eigenvalue weighted by atomic mass is 10.0. The monoisotopic (exact) mass is 485 g/mol. The van der Waals surface area contributed by atoms with Crippen molar-refractivity contribution in [3.05, 3.63) is 89.2 Å². The number of benzene rings is 3. The Balaban J connectivity index is 1.77. The second kappa shape index (κ2) is 10.7. The predicted octanol–water partition coefficient (Wildman–Crippen LogP) is 3.98. The minimum Gasteiger partial charge on any atom is -0.497 e. The number of methoxy groups -OCH3 is 1. The third-order valence-corrected chi connectivity index (χ3v) is 6.82. The average molecular weight is 486 g/mol. The lowest BCUT2D eigenvalue weighted by molar-refractivity contribution is 0.0941. The highest BCUT2D eigenvalue weighted by atomic mass is 32.2. The summed E-state index contributed by atoms with van der Waals surface area (Å²) < 4.78 is 46.3. The fourth-order valence-corrected chi connectivity index (χ4v) is 4.54. The van der Waals surface area contributed by atoms with E-state index in [1.807, 2.05) is 43.3 Å². The van der Waals surface area contributed by atoms with Gasteiger partial charge in [0.1, 0.15) is 11.6 Å². The molecule has 0 aliphatic carbocycles. The second-order valence-electron chi connectivity index (χ2n) is 8.05. The topological polar surface area (TPSA) is 87.7 Å². The fraction of sp³-hybridized carbons (Fsp3) is 0.240. The van der Waals surface area contributed by atoms with Crippen LogP contribution in [-0.2, 0) is 10.0 Å². The van der Waals surface area contributed by atoms with Crippen LogP contribution in [0.5, 0.6) is 5.75 Å². The molecule has 1 unspecified atom stereocenters. The van der Waals surface area contributed by atoms with E-state index >= 15 is 0 Å². The molecule has 0 fully saturated rings. The first-order valence-corrected chi connectivity index (χ1v) is 12.1. The Morgan fingerprint density at radius 1 is 1.03 bits per heavy atom. The van der Waals surface area contributed by atoms with Crippen molar-refractivity contribution in [3.63, 3.8) is 0 Å². The number of nitrogens with zero attached hydrogens (tertiary/aromatic N) is 1. The van der Waals surface area contributed by atoms with Crippen LogP contribution in [0.2, 0.25) is 0 Å². The Morgan fingerprint density at radius 2 is 1.68 bits per heavy atom. The molecule has 0 aliphatic heterocycles. The number of carbonyl (C=O) groups is 1. The van der Waals surface area contributed by atoms with Gasteiger partial charge in [0.2, 0.25) is 0 Å². The van der Waals surface area contributed by atoms with E-state index in [2.05, 4.69) is 10.0 Å². The molecule has 0 spiro atoms. The molecule has 0 aromatic heterocycles. The molecule has 9 heteroatoms. The standard InChI is InChI=1S/C25H28FN3O4S/c1-17-5-14-22(34(31,32)28-20-10-8-19(26)9-11-20)15-23(17)25(30)27-16-24(29(2)3)18-6-12-21(33-4)13-7-18/h5-15,24,28H,16H2,1-4H3,(H,27,30). The van der Waals surface area contributed by atoms with Gasteiger partial charge in [-0.15, -0.1) is 0 Å². The molecule has 7 nitrogen and oxygen atoms in total. The van der Waals surface area contributed by atoms with Crippen molar-refractivity contribution in [3.8, 4) is 5.75 Å². The molecule has 0 saturated heterocycles. The first-order chi connectivity index (χ1) is 16.1. The molecule has 180 valence electrons. The van der Waals surface area contributed by atoms with Crippen LogP contribution >= 0.6 is 0 Å². The zero-order chi connectivity index (χ0) is 24.9. The van der Waals surface area contributed by atoms with Gasteiger partial charge in [-0.3, -0.25) is 9.52 Å². The molecule has 0 saturated carbocycles. The number of rotatable bonds is 9. The average Bonchev–Trinajstić information content (AvgIpc) is 2.80. The van der Waals surface area contributed by atoms with Crippen molar-refractivity contribution < 1.29 is 22.3 Å². The Hall–Kier alpha value is -3.43. The van der Waals surface area contributed by atoms with E-state index in [0.29, 0.717) is 12.1 Å². The number of halogens is 1. The molecule has 0 radical (unpaired) electrons. The Labute approximate surface area is 199 Å². The van der Waals surface area contributed by atoms with Gasteiger partial charge < -0.3 is 15.0 Å². The summed E-state index contributed by atoms with van der Waals surface area (Å²) in [5, 5.41) is 2.91. The Kier molecular flexibility index (Phi) is 7.90. The minimum absolute atomic E-state index is 0.0631. The number of nitrogens with one attached hydrogen (secondary N) is 2. The second-order valence-corrected chi connectivity index (χ2v) is 9.73. The van der Waals surface area contributed by atoms with Gasteiger partial charge in [-0.1, -0.05) is 18.2 Å². The van der Waals surface area contributed by atoms with E-state index in [9.17, 15) is 17.6 Å². The maximum atomic E-state index is 13.1. The number of carbonyl (C=O) groups excluding carboxylic acids is 1. The summed E-state index contributed by atoms with van der Waals surface area (Å²) in [6.45, 7) is 2.06. The number of hydrogen-bond acceptors (Lipinski definition) is 5. The van der Waals surface area contributed by atoms with Crippen molar-refractivity contribution in [2.45, 2.75) is 17.9 Å². The van der Waals surface area contributed by atoms with Crippen LogP contribution in [0.15, 0.2) is 71.6 Å². The van der Waals surface area contributed by atoms with Gasteiger partial charge in [0.05, 0.1) is 18.0 Å². The summed E-state index contributed by atoms with van der Waals surface area (Å²) in [6, 6.07) is 16.8. The van der Waals surface area contributed by atoms with E-state index in [1.165, 1.54) is 24.3 Å². The van der Waals surface area contributed by atoms with Crippen molar-refractivity contribution in [1.29, 1.82) is 0 Å².